The van der Waals surface area contributed by atoms with Crippen LogP contribution in [0.5, 0.6) is 0 Å². The Kier molecular flexibility index (Phi) is 5.20. The number of anilines is 2. The summed E-state index contributed by atoms with van der Waals surface area (Å²) in [6.45, 7) is 5.19. The van der Waals surface area contributed by atoms with Crippen LogP contribution in [-0.2, 0) is 9.59 Å². The number of nitrogens with one attached hydrogen (secondary N) is 1. The summed E-state index contributed by atoms with van der Waals surface area (Å²) >= 11 is 3.39. The molecule has 1 aromatic heterocycles. The van der Waals surface area contributed by atoms with Crippen LogP contribution in [0.2, 0.25) is 0 Å². The van der Waals surface area contributed by atoms with Gasteiger partial charge in [-0.1, -0.05) is 0 Å². The van der Waals surface area contributed by atoms with Crippen molar-refractivity contribution in [1.29, 1.82) is 0 Å². The Hall–Kier alpha value is -2.15. The highest BCUT2D eigenvalue weighted by molar-refractivity contribution is 9.10. The van der Waals surface area contributed by atoms with Gasteiger partial charge >= 0.3 is 0 Å². The number of halogens is 1. The molecule has 7 heteroatoms. The highest BCUT2D eigenvalue weighted by Crippen LogP contribution is 2.21. The normalized spacial score (nSPS) is 11.9. The van der Waals surface area contributed by atoms with Crippen molar-refractivity contribution in [3.05, 3.63) is 40.6 Å². The van der Waals surface area contributed by atoms with Crippen molar-refractivity contribution >= 4 is 39.1 Å². The smallest absolute Gasteiger partial charge is 0.248 e. The number of aromatic nitrogens is 2. The third-order valence-electron chi connectivity index (χ3n) is 3.73. The Morgan fingerprint density at radius 2 is 1.91 bits per heavy atom. The number of amides is 2. The number of rotatable bonds is 4. The van der Waals surface area contributed by atoms with E-state index >= 15 is 0 Å². The van der Waals surface area contributed by atoms with E-state index in [4.69, 9.17) is 0 Å². The molecule has 0 spiro atoms. The average Bonchev–Trinajstić information content (AvgIpc) is 2.86. The molecule has 0 saturated heterocycles. The molecule has 1 aromatic carbocycles. The van der Waals surface area contributed by atoms with E-state index in [1.54, 1.807) is 54.0 Å². The van der Waals surface area contributed by atoms with Gasteiger partial charge in [0.2, 0.25) is 11.8 Å². The SMILES string of the molecule is CC(=O)N(C)c1ccc(NC(=O)[C@H](C)n2ncc(Br)c2C)cc1. The van der Waals surface area contributed by atoms with Gasteiger partial charge in [0, 0.05) is 25.3 Å². The first-order valence-corrected chi connectivity index (χ1v) is 7.95. The highest BCUT2D eigenvalue weighted by Gasteiger charge is 2.18. The standard InChI is InChI=1S/C16H19BrN4O2/c1-10-15(17)9-18-21(10)11(2)16(23)19-13-5-7-14(8-6-13)20(4)12(3)22/h5-9,11H,1-4H3,(H,19,23)/t11-/m0/s1. The molecule has 2 aromatic rings. The molecule has 0 aliphatic carbocycles. The second-order valence-electron chi connectivity index (χ2n) is 5.31. The molecule has 1 atom stereocenters. The first-order chi connectivity index (χ1) is 10.8. The van der Waals surface area contributed by atoms with Gasteiger partial charge in [0.25, 0.3) is 0 Å². The lowest BCUT2D eigenvalue weighted by Crippen LogP contribution is -2.25. The summed E-state index contributed by atoms with van der Waals surface area (Å²) in [6.07, 6.45) is 1.67. The zero-order chi connectivity index (χ0) is 17.1. The van der Waals surface area contributed by atoms with Crippen molar-refractivity contribution in [3.63, 3.8) is 0 Å². The van der Waals surface area contributed by atoms with E-state index in [0.29, 0.717) is 5.69 Å². The third kappa shape index (κ3) is 3.79. The molecule has 0 bridgehead atoms. The first kappa shape index (κ1) is 17.2. The highest BCUT2D eigenvalue weighted by atomic mass is 79.9. The van der Waals surface area contributed by atoms with Gasteiger partial charge in [-0.25, -0.2) is 0 Å². The zero-order valence-electron chi connectivity index (χ0n) is 13.5. The number of hydrogen-bond acceptors (Lipinski definition) is 3. The summed E-state index contributed by atoms with van der Waals surface area (Å²) in [5, 5.41) is 7.05. The molecule has 0 aliphatic rings. The van der Waals surface area contributed by atoms with E-state index in [0.717, 1.165) is 15.9 Å². The summed E-state index contributed by atoms with van der Waals surface area (Å²) in [5.74, 6) is -0.202. The molecule has 0 aliphatic heterocycles. The van der Waals surface area contributed by atoms with Crippen LogP contribution in [0.25, 0.3) is 0 Å². The van der Waals surface area contributed by atoms with Crippen molar-refractivity contribution < 1.29 is 9.59 Å². The van der Waals surface area contributed by atoms with Crippen molar-refractivity contribution in [1.82, 2.24) is 9.78 Å². The van der Waals surface area contributed by atoms with Gasteiger partial charge in [-0.2, -0.15) is 5.10 Å². The Balaban J connectivity index is 2.08. The van der Waals surface area contributed by atoms with Crippen molar-refractivity contribution in [2.75, 3.05) is 17.3 Å². The molecular formula is C16H19BrN4O2. The number of carbonyl (C=O) groups is 2. The quantitative estimate of drug-likeness (QED) is 0.888. The van der Waals surface area contributed by atoms with Crippen LogP contribution in [-0.4, -0.2) is 28.6 Å². The molecule has 0 fully saturated rings. The van der Waals surface area contributed by atoms with Gasteiger partial charge in [0.15, 0.2) is 0 Å². The first-order valence-electron chi connectivity index (χ1n) is 7.16. The van der Waals surface area contributed by atoms with Crippen molar-refractivity contribution in [2.24, 2.45) is 0 Å². The second-order valence-corrected chi connectivity index (χ2v) is 6.17. The van der Waals surface area contributed by atoms with Crippen LogP contribution in [0.15, 0.2) is 34.9 Å². The largest absolute Gasteiger partial charge is 0.324 e. The van der Waals surface area contributed by atoms with Crippen LogP contribution < -0.4 is 10.2 Å². The minimum absolute atomic E-state index is 0.0462. The molecule has 6 nitrogen and oxygen atoms in total. The zero-order valence-corrected chi connectivity index (χ0v) is 15.1. The third-order valence-corrected chi connectivity index (χ3v) is 4.50. The van der Waals surface area contributed by atoms with Crippen LogP contribution in [0.1, 0.15) is 25.6 Å². The topological polar surface area (TPSA) is 67.2 Å². The fourth-order valence-electron chi connectivity index (χ4n) is 2.10. The van der Waals surface area contributed by atoms with Gasteiger partial charge in [-0.15, -0.1) is 0 Å². The lowest BCUT2D eigenvalue weighted by Gasteiger charge is -2.17. The van der Waals surface area contributed by atoms with Gasteiger partial charge in [0.05, 0.1) is 16.4 Å². The molecule has 23 heavy (non-hydrogen) atoms. The molecule has 0 radical (unpaired) electrons. The fraction of sp³-hybridized carbons (Fsp3) is 0.312. The predicted octanol–water partition coefficient (Wildman–Crippen LogP) is 3.14. The number of nitrogens with zero attached hydrogens (tertiary/aromatic N) is 3. The van der Waals surface area contributed by atoms with Gasteiger partial charge in [-0.3, -0.25) is 14.3 Å². The van der Waals surface area contributed by atoms with Crippen LogP contribution in [0.3, 0.4) is 0 Å². The molecule has 1 N–H and O–H groups in total. The summed E-state index contributed by atoms with van der Waals surface area (Å²) in [5.41, 5.74) is 2.34. The van der Waals surface area contributed by atoms with E-state index in [1.165, 1.54) is 6.92 Å². The minimum atomic E-state index is -0.430. The molecule has 1 heterocycles. The van der Waals surface area contributed by atoms with Crippen LogP contribution in [0.4, 0.5) is 11.4 Å². The Labute approximate surface area is 143 Å². The van der Waals surface area contributed by atoms with Gasteiger partial charge in [0.1, 0.15) is 6.04 Å². The minimum Gasteiger partial charge on any atom is -0.324 e. The van der Waals surface area contributed by atoms with Gasteiger partial charge in [-0.05, 0) is 54.0 Å². The Morgan fingerprint density at radius 1 is 1.30 bits per heavy atom. The maximum absolute atomic E-state index is 12.3. The fourth-order valence-corrected chi connectivity index (χ4v) is 2.37. The van der Waals surface area contributed by atoms with Crippen molar-refractivity contribution in [2.45, 2.75) is 26.8 Å². The molecule has 0 unspecified atom stereocenters. The predicted molar refractivity (Wildman–Crippen MR) is 93.5 cm³/mol. The average molecular weight is 379 g/mol. The molecular weight excluding hydrogens is 360 g/mol. The van der Waals surface area contributed by atoms with Gasteiger partial charge < -0.3 is 10.2 Å². The maximum atomic E-state index is 12.3. The van der Waals surface area contributed by atoms with E-state index in [2.05, 4.69) is 26.3 Å². The summed E-state index contributed by atoms with van der Waals surface area (Å²) in [7, 11) is 1.70. The van der Waals surface area contributed by atoms with Crippen LogP contribution in [0, 0.1) is 6.92 Å². The molecule has 2 amide bonds. The van der Waals surface area contributed by atoms with E-state index in [-0.39, 0.29) is 11.8 Å². The van der Waals surface area contributed by atoms with E-state index in [9.17, 15) is 9.59 Å². The molecule has 0 saturated carbocycles. The number of hydrogen-bond donors (Lipinski definition) is 1. The molecule has 122 valence electrons. The monoisotopic (exact) mass is 378 g/mol. The van der Waals surface area contributed by atoms with Crippen LogP contribution >= 0.6 is 15.9 Å². The Morgan fingerprint density at radius 3 is 2.39 bits per heavy atom. The maximum Gasteiger partial charge on any atom is 0.248 e. The van der Waals surface area contributed by atoms with E-state index < -0.39 is 6.04 Å². The van der Waals surface area contributed by atoms with E-state index in [1.807, 2.05) is 6.92 Å². The lowest BCUT2D eigenvalue weighted by atomic mass is 10.2. The summed E-state index contributed by atoms with van der Waals surface area (Å²) in [4.78, 5) is 25.2. The number of benzene rings is 1. The molecule has 2 rings (SSSR count). The Bertz CT molecular complexity index is 724. The summed E-state index contributed by atoms with van der Waals surface area (Å²) < 4.78 is 2.53. The lowest BCUT2D eigenvalue weighted by molar-refractivity contribution is -0.119. The van der Waals surface area contributed by atoms with Crippen molar-refractivity contribution in [3.8, 4) is 0 Å². The second kappa shape index (κ2) is 6.95. The summed E-state index contributed by atoms with van der Waals surface area (Å²) in [6, 6.07) is 6.69. The number of carbonyl (C=O) groups excluding carboxylic acids is 2.